The Hall–Kier alpha value is -2.17. The van der Waals surface area contributed by atoms with E-state index in [1.807, 2.05) is 0 Å². The van der Waals surface area contributed by atoms with Gasteiger partial charge in [-0.2, -0.15) is 0 Å². The first-order valence-electron chi connectivity index (χ1n) is 7.22. The fraction of sp³-hybridized carbons (Fsp3) is 0.438. The number of fused-ring (bicyclic) bond motifs is 1. The van der Waals surface area contributed by atoms with Gasteiger partial charge < -0.3 is 9.67 Å². The van der Waals surface area contributed by atoms with Crippen LogP contribution in [0.3, 0.4) is 0 Å². The zero-order valence-electron chi connectivity index (χ0n) is 11.8. The van der Waals surface area contributed by atoms with Crippen molar-refractivity contribution < 1.29 is 9.90 Å². The number of rotatable bonds is 3. The van der Waals surface area contributed by atoms with E-state index in [0.29, 0.717) is 22.0 Å². The summed E-state index contributed by atoms with van der Waals surface area (Å²) in [5.74, 6) is -0.166. The number of aromatic nitrogens is 2. The maximum absolute atomic E-state index is 12.6. The van der Waals surface area contributed by atoms with Crippen molar-refractivity contribution in [1.29, 1.82) is 0 Å². The number of carboxylic acid groups (broad SMARTS) is 1. The van der Waals surface area contributed by atoms with Crippen molar-refractivity contribution in [2.45, 2.75) is 32.7 Å². The number of aryl methyl sites for hydroxylation is 1. The first-order valence-corrected chi connectivity index (χ1v) is 7.22. The Morgan fingerprint density at radius 3 is 2.76 bits per heavy atom. The summed E-state index contributed by atoms with van der Waals surface area (Å²) < 4.78 is 1.72. The molecule has 2 aromatic heterocycles. The molecule has 3 fully saturated rings. The van der Waals surface area contributed by atoms with Crippen molar-refractivity contribution in [1.82, 2.24) is 9.55 Å². The molecule has 0 spiro atoms. The van der Waals surface area contributed by atoms with Crippen LogP contribution in [0.1, 0.15) is 35.3 Å². The third-order valence-corrected chi connectivity index (χ3v) is 5.05. The number of hydrogen-bond donors (Lipinski definition) is 1. The van der Waals surface area contributed by atoms with Crippen LogP contribution in [-0.4, -0.2) is 20.6 Å². The van der Waals surface area contributed by atoms with Crippen molar-refractivity contribution in [2.24, 2.45) is 11.3 Å². The lowest BCUT2D eigenvalue weighted by atomic mass is 9.44. The molecule has 0 unspecified atom stereocenters. The Balaban J connectivity index is 1.83. The molecular weight excluding hydrogens is 268 g/mol. The van der Waals surface area contributed by atoms with Gasteiger partial charge in [-0.3, -0.25) is 9.78 Å². The number of pyridine rings is 2. The lowest BCUT2D eigenvalue weighted by Gasteiger charge is -2.62. The molecule has 0 aliphatic heterocycles. The van der Waals surface area contributed by atoms with Gasteiger partial charge in [-0.05, 0) is 49.7 Å². The lowest BCUT2D eigenvalue weighted by molar-refractivity contribution is -0.118. The summed E-state index contributed by atoms with van der Waals surface area (Å²) in [6.45, 7) is 2.39. The van der Waals surface area contributed by atoms with Crippen molar-refractivity contribution in [3.8, 4) is 0 Å². The monoisotopic (exact) mass is 284 g/mol. The Morgan fingerprint density at radius 2 is 2.19 bits per heavy atom. The highest BCUT2D eigenvalue weighted by Gasteiger charge is 2.56. The molecule has 2 heterocycles. The van der Waals surface area contributed by atoms with Crippen LogP contribution in [0.4, 0.5) is 0 Å². The molecule has 2 bridgehead atoms. The van der Waals surface area contributed by atoms with Crippen LogP contribution < -0.4 is 5.56 Å². The van der Waals surface area contributed by atoms with Gasteiger partial charge in [0.15, 0.2) is 0 Å². The third-order valence-electron chi connectivity index (χ3n) is 5.05. The Kier molecular flexibility index (Phi) is 2.35. The third kappa shape index (κ3) is 1.73. The number of carbonyl (C=O) groups is 1. The van der Waals surface area contributed by atoms with Gasteiger partial charge >= 0.3 is 5.97 Å². The van der Waals surface area contributed by atoms with Crippen molar-refractivity contribution in [3.05, 3.63) is 39.9 Å². The van der Waals surface area contributed by atoms with Gasteiger partial charge in [0.1, 0.15) is 0 Å². The van der Waals surface area contributed by atoms with E-state index in [9.17, 15) is 14.7 Å². The zero-order chi connectivity index (χ0) is 14.8. The van der Waals surface area contributed by atoms with E-state index in [4.69, 9.17) is 0 Å². The SMILES string of the molecule is Cc1nc2ccn(CC34CC(C3)C4)c(=O)c2cc1C(=O)O. The minimum Gasteiger partial charge on any atom is -0.478 e. The quantitative estimate of drug-likeness (QED) is 0.938. The van der Waals surface area contributed by atoms with Crippen LogP contribution in [0.5, 0.6) is 0 Å². The molecule has 108 valence electrons. The molecule has 3 saturated carbocycles. The van der Waals surface area contributed by atoms with Gasteiger partial charge in [-0.15, -0.1) is 0 Å². The van der Waals surface area contributed by atoms with E-state index in [-0.39, 0.29) is 11.1 Å². The Bertz CT molecular complexity index is 820. The topological polar surface area (TPSA) is 72.2 Å². The summed E-state index contributed by atoms with van der Waals surface area (Å²) in [6, 6.07) is 3.27. The largest absolute Gasteiger partial charge is 0.478 e. The second-order valence-corrected chi connectivity index (χ2v) is 6.59. The molecule has 0 amide bonds. The van der Waals surface area contributed by atoms with Crippen LogP contribution in [-0.2, 0) is 6.54 Å². The summed E-state index contributed by atoms with van der Waals surface area (Å²) >= 11 is 0. The second-order valence-electron chi connectivity index (χ2n) is 6.59. The minimum atomic E-state index is -1.05. The average Bonchev–Trinajstić information content (AvgIpc) is 2.33. The smallest absolute Gasteiger partial charge is 0.337 e. The number of aromatic carboxylic acids is 1. The Labute approximate surface area is 121 Å². The number of hydrogen-bond acceptors (Lipinski definition) is 3. The molecule has 21 heavy (non-hydrogen) atoms. The summed E-state index contributed by atoms with van der Waals surface area (Å²) in [5, 5.41) is 9.57. The maximum Gasteiger partial charge on any atom is 0.337 e. The second kappa shape index (κ2) is 3.93. The van der Waals surface area contributed by atoms with Crippen LogP contribution in [0.2, 0.25) is 0 Å². The molecule has 5 heteroatoms. The van der Waals surface area contributed by atoms with Gasteiger partial charge in [-0.25, -0.2) is 4.79 Å². The van der Waals surface area contributed by atoms with Gasteiger partial charge in [0.25, 0.3) is 5.56 Å². The average molecular weight is 284 g/mol. The van der Waals surface area contributed by atoms with E-state index >= 15 is 0 Å². The van der Waals surface area contributed by atoms with Crippen LogP contribution in [0, 0.1) is 18.3 Å². The molecule has 3 aliphatic carbocycles. The van der Waals surface area contributed by atoms with Gasteiger partial charge in [0.05, 0.1) is 22.2 Å². The molecule has 5 nitrogen and oxygen atoms in total. The highest BCUT2D eigenvalue weighted by atomic mass is 16.4. The molecule has 0 atom stereocenters. The summed E-state index contributed by atoms with van der Waals surface area (Å²) in [4.78, 5) is 28.0. The number of nitrogens with zero attached hydrogens (tertiary/aromatic N) is 2. The summed E-state index contributed by atoms with van der Waals surface area (Å²) in [7, 11) is 0. The van der Waals surface area contributed by atoms with Crippen LogP contribution in [0.25, 0.3) is 10.9 Å². The summed E-state index contributed by atoms with van der Waals surface area (Å²) in [6.07, 6.45) is 5.47. The van der Waals surface area contributed by atoms with E-state index in [1.165, 1.54) is 25.3 Å². The maximum atomic E-state index is 12.6. The highest BCUT2D eigenvalue weighted by molar-refractivity contribution is 5.93. The first-order chi connectivity index (χ1) is 9.97. The molecular formula is C16H16N2O3. The minimum absolute atomic E-state index is 0.0999. The van der Waals surface area contributed by atoms with Gasteiger partial charge in [0, 0.05) is 12.7 Å². The lowest BCUT2D eigenvalue weighted by Crippen LogP contribution is -2.54. The van der Waals surface area contributed by atoms with Crippen molar-refractivity contribution >= 4 is 16.9 Å². The normalized spacial score (nSPS) is 26.2. The van der Waals surface area contributed by atoms with E-state index < -0.39 is 5.97 Å². The molecule has 1 N–H and O–H groups in total. The summed E-state index contributed by atoms with van der Waals surface area (Å²) in [5.41, 5.74) is 1.30. The molecule has 0 radical (unpaired) electrons. The fourth-order valence-electron chi connectivity index (χ4n) is 3.86. The Morgan fingerprint density at radius 1 is 1.48 bits per heavy atom. The standard InChI is InChI=1S/C16H16N2O3/c1-9-11(15(20)21)4-12-13(17-9)2-3-18(14(12)19)8-16-5-10(6-16)7-16/h2-4,10H,5-8H2,1H3,(H,20,21). The molecule has 3 aliphatic rings. The van der Waals surface area contributed by atoms with E-state index in [1.54, 1.807) is 23.8 Å². The van der Waals surface area contributed by atoms with Gasteiger partial charge in [0.2, 0.25) is 0 Å². The van der Waals surface area contributed by atoms with Gasteiger partial charge in [-0.1, -0.05) is 0 Å². The predicted molar refractivity (Wildman–Crippen MR) is 77.5 cm³/mol. The zero-order valence-corrected chi connectivity index (χ0v) is 11.8. The number of carboxylic acids is 1. The predicted octanol–water partition coefficient (Wildman–Crippen LogP) is 2.20. The van der Waals surface area contributed by atoms with Crippen LogP contribution in [0.15, 0.2) is 23.1 Å². The first kappa shape index (κ1) is 12.6. The molecule has 0 saturated heterocycles. The van der Waals surface area contributed by atoms with E-state index in [0.717, 1.165) is 12.5 Å². The van der Waals surface area contributed by atoms with Crippen LogP contribution >= 0.6 is 0 Å². The van der Waals surface area contributed by atoms with Crippen molar-refractivity contribution in [3.63, 3.8) is 0 Å². The van der Waals surface area contributed by atoms with Crippen molar-refractivity contribution in [2.75, 3.05) is 0 Å². The molecule has 5 rings (SSSR count). The fourth-order valence-corrected chi connectivity index (χ4v) is 3.86. The molecule has 0 aromatic carbocycles. The van der Waals surface area contributed by atoms with E-state index in [2.05, 4.69) is 4.98 Å². The molecule has 2 aromatic rings. The highest BCUT2D eigenvalue weighted by Crippen LogP contribution is 2.65.